The lowest BCUT2D eigenvalue weighted by Gasteiger charge is -2.15. The van der Waals surface area contributed by atoms with Crippen molar-refractivity contribution in [2.45, 2.75) is 19.4 Å². The first kappa shape index (κ1) is 12.0. The fraction of sp³-hybridized carbons (Fsp3) is 0.273. The molecular weight excluding hydrogens is 238 g/mol. The lowest BCUT2D eigenvalue weighted by molar-refractivity contribution is -0.384. The van der Waals surface area contributed by atoms with E-state index in [-0.39, 0.29) is 11.4 Å². The molecule has 94 valence electrons. The van der Waals surface area contributed by atoms with Gasteiger partial charge in [0.15, 0.2) is 0 Å². The second-order valence-electron chi connectivity index (χ2n) is 4.47. The summed E-state index contributed by atoms with van der Waals surface area (Å²) in [7, 11) is 0. The summed E-state index contributed by atoms with van der Waals surface area (Å²) in [5.41, 5.74) is -0.975. The van der Waals surface area contributed by atoms with Crippen molar-refractivity contribution < 1.29 is 14.5 Å². The minimum absolute atomic E-state index is 0.169. The number of hydrogen-bond acceptors (Lipinski definition) is 4. The van der Waals surface area contributed by atoms with Crippen LogP contribution < -0.4 is 10.2 Å². The number of nitrogens with one attached hydrogen (secondary N) is 1. The van der Waals surface area contributed by atoms with Crippen molar-refractivity contribution in [1.29, 1.82) is 0 Å². The maximum atomic E-state index is 12.0. The first-order valence-corrected chi connectivity index (χ1v) is 5.24. The van der Waals surface area contributed by atoms with Crippen molar-refractivity contribution in [3.05, 3.63) is 34.4 Å². The number of non-ortho nitro benzene ring substituents is 1. The molecule has 0 aliphatic carbocycles. The maximum absolute atomic E-state index is 12.0. The molecule has 1 saturated heterocycles. The van der Waals surface area contributed by atoms with Gasteiger partial charge in [0, 0.05) is 12.1 Å². The predicted octanol–water partition coefficient (Wildman–Crippen LogP) is 1.43. The molecular formula is C11H11N3O4. The number of anilines is 1. The van der Waals surface area contributed by atoms with E-state index >= 15 is 0 Å². The molecule has 0 unspecified atom stereocenters. The van der Waals surface area contributed by atoms with Gasteiger partial charge in [-0.25, -0.2) is 9.69 Å². The standard InChI is InChI=1S/C11H11N3O4/c1-11(2)9(15)13(10(16)12-11)7-4-3-5-8(6-7)14(17)18/h3-6H,1-2H3,(H,12,16). The van der Waals surface area contributed by atoms with Crippen molar-refractivity contribution in [3.63, 3.8) is 0 Å². The Morgan fingerprint density at radius 2 is 2.00 bits per heavy atom. The van der Waals surface area contributed by atoms with Crippen LogP contribution >= 0.6 is 0 Å². The number of nitro benzene ring substituents is 1. The molecule has 0 bridgehead atoms. The van der Waals surface area contributed by atoms with Crippen molar-refractivity contribution in [1.82, 2.24) is 5.32 Å². The van der Waals surface area contributed by atoms with Gasteiger partial charge in [-0.1, -0.05) is 6.07 Å². The largest absolute Gasteiger partial charge is 0.329 e. The molecule has 0 radical (unpaired) electrons. The molecule has 7 heteroatoms. The van der Waals surface area contributed by atoms with Crippen LogP contribution in [-0.4, -0.2) is 22.4 Å². The van der Waals surface area contributed by atoms with E-state index in [1.807, 2.05) is 0 Å². The van der Waals surface area contributed by atoms with Gasteiger partial charge in [0.25, 0.3) is 11.6 Å². The van der Waals surface area contributed by atoms with E-state index in [1.54, 1.807) is 13.8 Å². The minimum atomic E-state index is -0.998. The molecule has 0 saturated carbocycles. The Balaban J connectivity index is 2.44. The summed E-state index contributed by atoms with van der Waals surface area (Å²) in [5.74, 6) is -0.437. The highest BCUT2D eigenvalue weighted by molar-refractivity contribution is 6.23. The number of urea groups is 1. The van der Waals surface area contributed by atoms with E-state index in [0.717, 1.165) is 4.90 Å². The quantitative estimate of drug-likeness (QED) is 0.487. The van der Waals surface area contributed by atoms with Gasteiger partial charge in [0.2, 0.25) is 0 Å². The number of amides is 3. The molecule has 1 aliphatic heterocycles. The van der Waals surface area contributed by atoms with Crippen LogP contribution in [0.2, 0.25) is 0 Å². The van der Waals surface area contributed by atoms with Gasteiger partial charge >= 0.3 is 6.03 Å². The van der Waals surface area contributed by atoms with Crippen molar-refractivity contribution in [2.24, 2.45) is 0 Å². The zero-order chi connectivity index (χ0) is 13.5. The number of hydrogen-bond donors (Lipinski definition) is 1. The number of carbonyl (C=O) groups excluding carboxylic acids is 2. The molecule has 2 rings (SSSR count). The molecule has 1 fully saturated rings. The number of rotatable bonds is 2. The van der Waals surface area contributed by atoms with Crippen LogP contribution in [0.1, 0.15) is 13.8 Å². The molecule has 1 heterocycles. The van der Waals surface area contributed by atoms with Crippen LogP contribution in [0.3, 0.4) is 0 Å². The summed E-state index contributed by atoms with van der Waals surface area (Å²) in [5, 5.41) is 13.2. The lowest BCUT2D eigenvalue weighted by atomic mass is 10.1. The van der Waals surface area contributed by atoms with Gasteiger partial charge in [-0.15, -0.1) is 0 Å². The van der Waals surface area contributed by atoms with Gasteiger partial charge in [-0.2, -0.15) is 0 Å². The Hall–Kier alpha value is -2.44. The Morgan fingerprint density at radius 1 is 1.33 bits per heavy atom. The molecule has 1 aliphatic rings. The minimum Gasteiger partial charge on any atom is -0.323 e. The highest BCUT2D eigenvalue weighted by Crippen LogP contribution is 2.27. The fourth-order valence-corrected chi connectivity index (χ4v) is 1.73. The van der Waals surface area contributed by atoms with Crippen molar-refractivity contribution in [2.75, 3.05) is 4.90 Å². The van der Waals surface area contributed by atoms with Crippen molar-refractivity contribution >= 4 is 23.3 Å². The highest BCUT2D eigenvalue weighted by atomic mass is 16.6. The van der Waals surface area contributed by atoms with Gasteiger partial charge < -0.3 is 5.32 Å². The Bertz CT molecular complexity index is 553. The first-order valence-electron chi connectivity index (χ1n) is 5.24. The van der Waals surface area contributed by atoms with Crippen LogP contribution in [0.25, 0.3) is 0 Å². The third-order valence-electron chi connectivity index (χ3n) is 2.66. The summed E-state index contributed by atoms with van der Waals surface area (Å²) >= 11 is 0. The van der Waals surface area contributed by atoms with E-state index in [0.29, 0.717) is 0 Å². The fourth-order valence-electron chi connectivity index (χ4n) is 1.73. The van der Waals surface area contributed by atoms with Gasteiger partial charge in [-0.3, -0.25) is 14.9 Å². The van der Waals surface area contributed by atoms with Crippen LogP contribution in [0, 0.1) is 10.1 Å². The average Bonchev–Trinajstić information content (AvgIpc) is 2.48. The number of nitrogens with zero attached hydrogens (tertiary/aromatic N) is 2. The van der Waals surface area contributed by atoms with Gasteiger partial charge in [0.05, 0.1) is 10.6 Å². The third kappa shape index (κ3) is 1.79. The zero-order valence-electron chi connectivity index (χ0n) is 9.84. The number of imide groups is 1. The number of carbonyl (C=O) groups is 2. The van der Waals surface area contributed by atoms with Crippen molar-refractivity contribution in [3.8, 4) is 0 Å². The zero-order valence-corrected chi connectivity index (χ0v) is 9.84. The van der Waals surface area contributed by atoms with Gasteiger partial charge in [0.1, 0.15) is 5.54 Å². The van der Waals surface area contributed by atoms with E-state index in [4.69, 9.17) is 0 Å². The van der Waals surface area contributed by atoms with Gasteiger partial charge in [-0.05, 0) is 19.9 Å². The normalized spacial score (nSPS) is 17.8. The van der Waals surface area contributed by atoms with Crippen LogP contribution in [0.15, 0.2) is 24.3 Å². The lowest BCUT2D eigenvalue weighted by Crippen LogP contribution is -2.40. The van der Waals surface area contributed by atoms with E-state index in [9.17, 15) is 19.7 Å². The molecule has 7 nitrogen and oxygen atoms in total. The molecule has 0 aromatic heterocycles. The summed E-state index contributed by atoms with van der Waals surface area (Å²) in [6.07, 6.45) is 0. The predicted molar refractivity (Wildman–Crippen MR) is 63.2 cm³/mol. The van der Waals surface area contributed by atoms with E-state index < -0.39 is 22.4 Å². The maximum Gasteiger partial charge on any atom is 0.329 e. The molecule has 18 heavy (non-hydrogen) atoms. The molecule has 0 spiro atoms. The van der Waals surface area contributed by atoms with E-state index in [2.05, 4.69) is 5.32 Å². The molecule has 0 atom stereocenters. The summed E-state index contributed by atoms with van der Waals surface area (Å²) in [4.78, 5) is 34.7. The molecule has 3 amide bonds. The summed E-state index contributed by atoms with van der Waals surface area (Å²) < 4.78 is 0. The Morgan fingerprint density at radius 3 is 2.50 bits per heavy atom. The second-order valence-corrected chi connectivity index (χ2v) is 4.47. The Kier molecular flexibility index (Phi) is 2.54. The molecule has 1 aromatic carbocycles. The number of nitro groups is 1. The highest BCUT2D eigenvalue weighted by Gasteiger charge is 2.45. The van der Waals surface area contributed by atoms with E-state index in [1.165, 1.54) is 24.3 Å². The molecule has 1 N–H and O–H groups in total. The first-order chi connectivity index (χ1) is 8.33. The number of benzene rings is 1. The molecule has 1 aromatic rings. The SMILES string of the molecule is CC1(C)NC(=O)N(c2cccc([N+](=O)[O-])c2)C1=O. The third-order valence-corrected chi connectivity index (χ3v) is 2.66. The Labute approximate surface area is 103 Å². The topological polar surface area (TPSA) is 92.6 Å². The smallest absolute Gasteiger partial charge is 0.323 e. The van der Waals surface area contributed by atoms with Crippen LogP contribution in [0.5, 0.6) is 0 Å². The average molecular weight is 249 g/mol. The summed E-state index contributed by atoms with van der Waals surface area (Å²) in [6, 6.07) is 4.82. The van der Waals surface area contributed by atoms with Crippen LogP contribution in [-0.2, 0) is 4.79 Å². The van der Waals surface area contributed by atoms with Crippen LogP contribution in [0.4, 0.5) is 16.2 Å². The monoisotopic (exact) mass is 249 g/mol. The second kappa shape index (κ2) is 3.80. The summed E-state index contributed by atoms with van der Waals surface area (Å²) in [6.45, 7) is 3.15.